The highest BCUT2D eigenvalue weighted by atomic mass is 16.7. The van der Waals surface area contributed by atoms with E-state index in [2.05, 4.69) is 25.2 Å². The molecule has 0 bridgehead atoms. The Bertz CT molecular complexity index is 802. The molecule has 1 atom stereocenters. The number of carbonyl (C=O) groups excluding carboxylic acids is 1. The molecule has 1 unspecified atom stereocenters. The molecule has 2 N–H and O–H groups in total. The van der Waals surface area contributed by atoms with Crippen molar-refractivity contribution in [2.24, 2.45) is 0 Å². The molecule has 0 saturated heterocycles. The molecule has 0 saturated carbocycles. The molecule has 0 aliphatic carbocycles. The number of benzene rings is 2. The number of rotatable bonds is 6. The summed E-state index contributed by atoms with van der Waals surface area (Å²) in [5.74, 6) is 1.95. The third kappa shape index (κ3) is 4.17. The maximum absolute atomic E-state index is 12.6. The summed E-state index contributed by atoms with van der Waals surface area (Å²) in [4.78, 5) is 13.7. The first kappa shape index (κ1) is 18.3. The summed E-state index contributed by atoms with van der Waals surface area (Å²) < 4.78 is 10.8. The summed E-state index contributed by atoms with van der Waals surface area (Å²) in [6, 6.07) is 12.1. The molecule has 1 amide bonds. The number of ether oxygens (including phenoxy) is 2. The van der Waals surface area contributed by atoms with Crippen LogP contribution in [0.25, 0.3) is 0 Å². The van der Waals surface area contributed by atoms with E-state index < -0.39 is 0 Å². The molecule has 138 valence electrons. The zero-order valence-corrected chi connectivity index (χ0v) is 15.9. The van der Waals surface area contributed by atoms with E-state index in [0.29, 0.717) is 12.5 Å². The third-order valence-electron chi connectivity index (χ3n) is 4.60. The molecule has 1 heterocycles. The Balaban J connectivity index is 1.62. The molecule has 26 heavy (non-hydrogen) atoms. The fourth-order valence-corrected chi connectivity index (χ4v) is 3.26. The van der Waals surface area contributed by atoms with E-state index in [1.54, 1.807) is 0 Å². The minimum Gasteiger partial charge on any atom is -0.454 e. The summed E-state index contributed by atoms with van der Waals surface area (Å²) in [5, 5.41) is 3.11. The van der Waals surface area contributed by atoms with Gasteiger partial charge in [-0.1, -0.05) is 32.0 Å². The van der Waals surface area contributed by atoms with Crippen molar-refractivity contribution in [2.45, 2.75) is 33.2 Å². The first-order valence-corrected chi connectivity index (χ1v) is 9.03. The first-order chi connectivity index (χ1) is 12.4. The van der Waals surface area contributed by atoms with Crippen molar-refractivity contribution in [1.29, 1.82) is 0 Å². The van der Waals surface area contributed by atoms with E-state index in [1.165, 1.54) is 5.56 Å². The van der Waals surface area contributed by atoms with Gasteiger partial charge in [0, 0.05) is 11.3 Å². The Hall–Kier alpha value is -2.53. The van der Waals surface area contributed by atoms with Gasteiger partial charge >= 0.3 is 0 Å². The van der Waals surface area contributed by atoms with Gasteiger partial charge in [-0.25, -0.2) is 0 Å². The monoisotopic (exact) mass is 355 g/mol. The number of fused-ring (bicyclic) bond motifs is 1. The number of hydrogen-bond acceptors (Lipinski definition) is 3. The summed E-state index contributed by atoms with van der Waals surface area (Å²) in [6.07, 6.45) is 0. The largest absolute Gasteiger partial charge is 0.454 e. The molecule has 0 spiro atoms. The molecule has 0 aromatic heterocycles. The number of likely N-dealkylation sites (N-methyl/N-ethyl adjacent to an activating group) is 1. The van der Waals surface area contributed by atoms with E-state index in [-0.39, 0.29) is 12.7 Å². The summed E-state index contributed by atoms with van der Waals surface area (Å²) in [7, 11) is 2.02. The summed E-state index contributed by atoms with van der Waals surface area (Å²) in [6.45, 7) is 7.74. The quantitative estimate of drug-likeness (QED) is 0.837. The highest BCUT2D eigenvalue weighted by Gasteiger charge is 2.17. The average molecular weight is 355 g/mol. The normalized spacial score (nSPS) is 13.7. The van der Waals surface area contributed by atoms with Gasteiger partial charge in [0.15, 0.2) is 18.0 Å². The molecule has 5 heteroatoms. The second-order valence-corrected chi connectivity index (χ2v) is 7.24. The smallest absolute Gasteiger partial charge is 0.279 e. The van der Waals surface area contributed by atoms with Gasteiger partial charge in [0.1, 0.15) is 6.54 Å². The molecule has 2 aromatic rings. The van der Waals surface area contributed by atoms with Crippen LogP contribution in [0.4, 0.5) is 5.69 Å². The Labute approximate surface area is 154 Å². The van der Waals surface area contributed by atoms with E-state index >= 15 is 0 Å². The Morgan fingerprint density at radius 1 is 1.19 bits per heavy atom. The number of nitrogens with one attached hydrogen (secondary N) is 2. The Morgan fingerprint density at radius 3 is 2.73 bits per heavy atom. The highest BCUT2D eigenvalue weighted by Crippen LogP contribution is 2.32. The van der Waals surface area contributed by atoms with Crippen molar-refractivity contribution in [3.8, 4) is 11.5 Å². The van der Waals surface area contributed by atoms with Crippen LogP contribution in [0.5, 0.6) is 11.5 Å². The van der Waals surface area contributed by atoms with E-state index in [9.17, 15) is 4.79 Å². The SMILES string of the molecule is Cc1cccc(C(C)C)c1NC(=O)C[NH+](C)Cc1ccc2c(c1)OCO2. The second kappa shape index (κ2) is 7.79. The predicted molar refractivity (Wildman–Crippen MR) is 102 cm³/mol. The van der Waals surface area contributed by atoms with Crippen molar-refractivity contribution >= 4 is 11.6 Å². The lowest BCUT2D eigenvalue weighted by molar-refractivity contribution is -0.885. The predicted octanol–water partition coefficient (Wildman–Crippen LogP) is 2.50. The van der Waals surface area contributed by atoms with Crippen LogP contribution in [0.3, 0.4) is 0 Å². The molecule has 0 radical (unpaired) electrons. The molecule has 1 aliphatic heterocycles. The van der Waals surface area contributed by atoms with Gasteiger partial charge in [0.25, 0.3) is 5.91 Å². The van der Waals surface area contributed by atoms with Crippen molar-refractivity contribution in [3.63, 3.8) is 0 Å². The number of aryl methyl sites for hydroxylation is 1. The van der Waals surface area contributed by atoms with Crippen molar-refractivity contribution < 1.29 is 19.2 Å². The summed E-state index contributed by atoms with van der Waals surface area (Å²) in [5.41, 5.74) is 4.34. The van der Waals surface area contributed by atoms with Crippen LogP contribution < -0.4 is 19.7 Å². The van der Waals surface area contributed by atoms with E-state index in [0.717, 1.165) is 39.8 Å². The number of para-hydroxylation sites is 1. The molecule has 3 rings (SSSR count). The summed E-state index contributed by atoms with van der Waals surface area (Å²) >= 11 is 0. The van der Waals surface area contributed by atoms with Gasteiger partial charge in [-0.05, 0) is 42.2 Å². The number of anilines is 1. The van der Waals surface area contributed by atoms with Crippen LogP contribution in [-0.2, 0) is 11.3 Å². The van der Waals surface area contributed by atoms with Crippen LogP contribution in [0.1, 0.15) is 36.5 Å². The number of amides is 1. The number of quaternary nitrogens is 1. The maximum Gasteiger partial charge on any atom is 0.279 e. The average Bonchev–Trinajstić information content (AvgIpc) is 3.04. The van der Waals surface area contributed by atoms with Crippen LogP contribution >= 0.6 is 0 Å². The lowest BCUT2D eigenvalue weighted by Gasteiger charge is -2.18. The lowest BCUT2D eigenvalue weighted by Crippen LogP contribution is -3.08. The third-order valence-corrected chi connectivity index (χ3v) is 4.60. The zero-order chi connectivity index (χ0) is 18.7. The molecule has 2 aromatic carbocycles. The van der Waals surface area contributed by atoms with E-state index in [4.69, 9.17) is 9.47 Å². The fourth-order valence-electron chi connectivity index (χ4n) is 3.26. The van der Waals surface area contributed by atoms with Crippen molar-refractivity contribution in [2.75, 3.05) is 25.7 Å². The highest BCUT2D eigenvalue weighted by molar-refractivity contribution is 5.93. The van der Waals surface area contributed by atoms with Gasteiger partial charge in [-0.15, -0.1) is 0 Å². The Morgan fingerprint density at radius 2 is 1.96 bits per heavy atom. The lowest BCUT2D eigenvalue weighted by atomic mass is 9.98. The second-order valence-electron chi connectivity index (χ2n) is 7.24. The van der Waals surface area contributed by atoms with Gasteiger partial charge in [0.2, 0.25) is 6.79 Å². The van der Waals surface area contributed by atoms with Gasteiger partial charge in [0.05, 0.1) is 7.05 Å². The first-order valence-electron chi connectivity index (χ1n) is 9.03. The van der Waals surface area contributed by atoms with Gasteiger partial charge in [-0.2, -0.15) is 0 Å². The van der Waals surface area contributed by atoms with Crippen LogP contribution in [-0.4, -0.2) is 26.3 Å². The number of carbonyl (C=O) groups is 1. The molecule has 0 fully saturated rings. The maximum atomic E-state index is 12.6. The molecular weight excluding hydrogens is 328 g/mol. The van der Waals surface area contributed by atoms with Crippen molar-refractivity contribution in [1.82, 2.24) is 0 Å². The van der Waals surface area contributed by atoms with Gasteiger partial charge < -0.3 is 19.7 Å². The topological polar surface area (TPSA) is 52.0 Å². The van der Waals surface area contributed by atoms with Crippen molar-refractivity contribution in [3.05, 3.63) is 53.1 Å². The molecule has 1 aliphatic rings. The Kier molecular flexibility index (Phi) is 5.47. The molecule has 5 nitrogen and oxygen atoms in total. The van der Waals surface area contributed by atoms with Gasteiger partial charge in [-0.3, -0.25) is 4.79 Å². The van der Waals surface area contributed by atoms with Crippen LogP contribution in [0.2, 0.25) is 0 Å². The number of hydrogen-bond donors (Lipinski definition) is 2. The minimum absolute atomic E-state index is 0.0273. The minimum atomic E-state index is 0.0273. The zero-order valence-electron chi connectivity index (χ0n) is 15.9. The fraction of sp³-hybridized carbons (Fsp3) is 0.381. The van der Waals surface area contributed by atoms with Crippen LogP contribution in [0.15, 0.2) is 36.4 Å². The van der Waals surface area contributed by atoms with E-state index in [1.807, 2.05) is 44.3 Å². The standard InChI is InChI=1S/C21H26N2O3/c1-14(2)17-7-5-6-15(3)21(17)22-20(24)12-23(4)11-16-8-9-18-19(10-16)26-13-25-18/h5-10,14H,11-13H2,1-4H3,(H,22,24)/p+1. The molecular formula is C21H27N2O3+. The van der Waals surface area contributed by atoms with Crippen LogP contribution in [0, 0.1) is 6.92 Å².